The van der Waals surface area contributed by atoms with E-state index < -0.39 is 6.10 Å². The highest BCUT2D eigenvalue weighted by Gasteiger charge is 2.19. The topological polar surface area (TPSA) is 63.5 Å². The van der Waals surface area contributed by atoms with Gasteiger partial charge in [0.2, 0.25) is 0 Å². The van der Waals surface area contributed by atoms with Gasteiger partial charge in [-0.25, -0.2) is 0 Å². The van der Waals surface area contributed by atoms with Crippen molar-refractivity contribution in [1.82, 2.24) is 9.88 Å². The van der Waals surface area contributed by atoms with Crippen LogP contribution in [0, 0.1) is 13.8 Å². The van der Waals surface area contributed by atoms with Crippen LogP contribution in [0.4, 0.5) is 0 Å². The van der Waals surface area contributed by atoms with Crippen LogP contribution in [0.15, 0.2) is 72.8 Å². The van der Waals surface area contributed by atoms with Crippen LogP contribution in [0.3, 0.4) is 0 Å². The standard InChI is InChI=1S/C28H30N2O3/c1-19-9-11-23(12-10-19)30-20(2)28(21(3)31)26-15-25(13-14-27(26)30)33-18-24(32)17-29-16-22-7-5-4-6-8-22/h4-15,24,29,32H,16-18H2,1-3H3/t24-/m0/s1. The van der Waals surface area contributed by atoms with E-state index in [0.29, 0.717) is 24.4 Å². The molecule has 4 rings (SSSR count). The summed E-state index contributed by atoms with van der Waals surface area (Å²) in [5.74, 6) is 0.652. The summed E-state index contributed by atoms with van der Waals surface area (Å²) in [4.78, 5) is 12.5. The highest BCUT2D eigenvalue weighted by molar-refractivity contribution is 6.09. The van der Waals surface area contributed by atoms with Gasteiger partial charge in [-0.05, 0) is 56.7 Å². The molecule has 0 aliphatic heterocycles. The smallest absolute Gasteiger partial charge is 0.162 e. The maximum Gasteiger partial charge on any atom is 0.162 e. The number of aromatic nitrogens is 1. The minimum atomic E-state index is -0.643. The molecule has 1 aromatic heterocycles. The summed E-state index contributed by atoms with van der Waals surface area (Å²) in [5, 5.41) is 14.4. The Morgan fingerprint density at radius 2 is 1.76 bits per heavy atom. The number of aliphatic hydroxyl groups excluding tert-OH is 1. The molecule has 5 heteroatoms. The Labute approximate surface area is 194 Å². The van der Waals surface area contributed by atoms with Crippen LogP contribution in [0.5, 0.6) is 5.75 Å². The van der Waals surface area contributed by atoms with Crippen molar-refractivity contribution >= 4 is 16.7 Å². The number of aryl methyl sites for hydroxylation is 1. The molecule has 3 aromatic carbocycles. The second-order valence-corrected chi connectivity index (χ2v) is 8.45. The molecule has 1 atom stereocenters. The van der Waals surface area contributed by atoms with Crippen molar-refractivity contribution in [1.29, 1.82) is 0 Å². The fraction of sp³-hybridized carbons (Fsp3) is 0.250. The first-order valence-corrected chi connectivity index (χ1v) is 11.2. The van der Waals surface area contributed by atoms with Crippen molar-refractivity contribution < 1.29 is 14.6 Å². The Morgan fingerprint density at radius 3 is 2.45 bits per heavy atom. The number of nitrogens with one attached hydrogen (secondary N) is 1. The SMILES string of the molecule is CC(=O)c1c(C)n(-c2ccc(C)cc2)c2ccc(OC[C@@H](O)CNCc3ccccc3)cc12. The molecule has 0 unspecified atom stereocenters. The van der Waals surface area contributed by atoms with Crippen LogP contribution < -0.4 is 10.1 Å². The van der Waals surface area contributed by atoms with Gasteiger partial charge in [0.25, 0.3) is 0 Å². The zero-order valence-electron chi connectivity index (χ0n) is 19.3. The number of benzene rings is 3. The highest BCUT2D eigenvalue weighted by Crippen LogP contribution is 2.32. The first kappa shape index (κ1) is 22.8. The monoisotopic (exact) mass is 442 g/mol. The molecular formula is C28H30N2O3. The Kier molecular flexibility index (Phi) is 6.92. The first-order valence-electron chi connectivity index (χ1n) is 11.2. The average molecular weight is 443 g/mol. The lowest BCUT2D eigenvalue weighted by atomic mass is 10.1. The highest BCUT2D eigenvalue weighted by atomic mass is 16.5. The van der Waals surface area contributed by atoms with Gasteiger partial charge in [-0.15, -0.1) is 0 Å². The van der Waals surface area contributed by atoms with E-state index >= 15 is 0 Å². The molecule has 170 valence electrons. The summed E-state index contributed by atoms with van der Waals surface area (Å²) < 4.78 is 7.98. The van der Waals surface area contributed by atoms with Crippen LogP contribution in [0.1, 0.15) is 34.1 Å². The minimum Gasteiger partial charge on any atom is -0.491 e. The van der Waals surface area contributed by atoms with Crippen molar-refractivity contribution in [2.45, 2.75) is 33.4 Å². The van der Waals surface area contributed by atoms with Gasteiger partial charge in [-0.1, -0.05) is 48.0 Å². The van der Waals surface area contributed by atoms with Crippen LogP contribution >= 0.6 is 0 Å². The van der Waals surface area contributed by atoms with Gasteiger partial charge in [0, 0.05) is 35.4 Å². The molecule has 5 nitrogen and oxygen atoms in total. The van der Waals surface area contributed by atoms with E-state index in [9.17, 15) is 9.90 Å². The lowest BCUT2D eigenvalue weighted by molar-refractivity contribution is 0.101. The van der Waals surface area contributed by atoms with E-state index in [1.165, 1.54) is 11.1 Å². The molecule has 4 aromatic rings. The summed E-state index contributed by atoms with van der Waals surface area (Å²) >= 11 is 0. The fourth-order valence-corrected chi connectivity index (χ4v) is 4.19. The van der Waals surface area contributed by atoms with E-state index in [0.717, 1.165) is 22.3 Å². The maximum atomic E-state index is 12.5. The largest absolute Gasteiger partial charge is 0.491 e. The summed E-state index contributed by atoms with van der Waals surface area (Å²) in [5.41, 5.74) is 5.93. The van der Waals surface area contributed by atoms with Crippen molar-refractivity contribution in [3.63, 3.8) is 0 Å². The predicted molar refractivity (Wildman–Crippen MR) is 132 cm³/mol. The van der Waals surface area contributed by atoms with Gasteiger partial charge in [0.05, 0.1) is 5.52 Å². The molecule has 0 radical (unpaired) electrons. The van der Waals surface area contributed by atoms with E-state index in [-0.39, 0.29) is 12.4 Å². The summed E-state index contributed by atoms with van der Waals surface area (Å²) in [7, 11) is 0. The lowest BCUT2D eigenvalue weighted by Crippen LogP contribution is -2.31. The zero-order chi connectivity index (χ0) is 23.4. The number of ether oxygens (including phenoxy) is 1. The summed E-state index contributed by atoms with van der Waals surface area (Å²) in [6.45, 7) is 6.91. The zero-order valence-corrected chi connectivity index (χ0v) is 19.3. The molecule has 0 aliphatic carbocycles. The average Bonchev–Trinajstić information content (AvgIpc) is 3.10. The van der Waals surface area contributed by atoms with E-state index in [1.807, 2.05) is 55.5 Å². The third kappa shape index (κ3) is 5.16. The summed E-state index contributed by atoms with van der Waals surface area (Å²) in [6.07, 6.45) is -0.643. The normalized spacial score (nSPS) is 12.1. The molecule has 2 N–H and O–H groups in total. The molecule has 0 saturated heterocycles. The number of carbonyl (C=O) groups is 1. The summed E-state index contributed by atoms with van der Waals surface area (Å²) in [6, 6.07) is 24.1. The molecule has 1 heterocycles. The van der Waals surface area contributed by atoms with Gasteiger partial charge in [-0.3, -0.25) is 4.79 Å². The van der Waals surface area contributed by atoms with Gasteiger partial charge in [0.15, 0.2) is 5.78 Å². The molecule has 0 spiro atoms. The molecular weight excluding hydrogens is 412 g/mol. The van der Waals surface area contributed by atoms with Gasteiger partial charge in [-0.2, -0.15) is 0 Å². The third-order valence-electron chi connectivity index (χ3n) is 5.81. The van der Waals surface area contributed by atoms with Crippen molar-refractivity contribution in [2.75, 3.05) is 13.2 Å². The van der Waals surface area contributed by atoms with Crippen LogP contribution in [-0.4, -0.2) is 34.7 Å². The Bertz CT molecular complexity index is 1240. The quantitative estimate of drug-likeness (QED) is 0.359. The number of aliphatic hydroxyl groups is 1. The number of carbonyl (C=O) groups excluding carboxylic acids is 1. The van der Waals surface area contributed by atoms with Gasteiger partial charge < -0.3 is 19.7 Å². The Morgan fingerprint density at radius 1 is 1.03 bits per heavy atom. The van der Waals surface area contributed by atoms with E-state index in [1.54, 1.807) is 6.92 Å². The van der Waals surface area contributed by atoms with Crippen LogP contribution in [-0.2, 0) is 6.54 Å². The fourth-order valence-electron chi connectivity index (χ4n) is 4.19. The number of Topliss-reactive ketones (excluding diaryl/α,β-unsaturated/α-hetero) is 1. The molecule has 0 bridgehead atoms. The number of ketones is 1. The molecule has 33 heavy (non-hydrogen) atoms. The molecule has 0 amide bonds. The number of rotatable bonds is 9. The Balaban J connectivity index is 1.49. The Hall–Kier alpha value is -3.41. The second kappa shape index (κ2) is 10.0. The van der Waals surface area contributed by atoms with Crippen molar-refractivity contribution in [3.05, 3.63) is 95.2 Å². The second-order valence-electron chi connectivity index (χ2n) is 8.45. The van der Waals surface area contributed by atoms with Gasteiger partial charge >= 0.3 is 0 Å². The van der Waals surface area contributed by atoms with E-state index in [4.69, 9.17) is 4.74 Å². The van der Waals surface area contributed by atoms with Gasteiger partial charge in [0.1, 0.15) is 18.5 Å². The van der Waals surface area contributed by atoms with E-state index in [2.05, 4.69) is 41.1 Å². The number of nitrogens with zero attached hydrogens (tertiary/aromatic N) is 1. The molecule has 0 fully saturated rings. The third-order valence-corrected chi connectivity index (χ3v) is 5.81. The number of fused-ring (bicyclic) bond motifs is 1. The number of hydrogen-bond donors (Lipinski definition) is 2. The van der Waals surface area contributed by atoms with Crippen molar-refractivity contribution in [2.24, 2.45) is 0 Å². The van der Waals surface area contributed by atoms with Crippen LogP contribution in [0.25, 0.3) is 16.6 Å². The van der Waals surface area contributed by atoms with Crippen molar-refractivity contribution in [3.8, 4) is 11.4 Å². The minimum absolute atomic E-state index is 0.0191. The first-order chi connectivity index (χ1) is 15.9. The van der Waals surface area contributed by atoms with Crippen LogP contribution in [0.2, 0.25) is 0 Å². The molecule has 0 aliphatic rings. The number of hydrogen-bond acceptors (Lipinski definition) is 4. The lowest BCUT2D eigenvalue weighted by Gasteiger charge is -2.14. The predicted octanol–water partition coefficient (Wildman–Crippen LogP) is 4.98. The maximum absolute atomic E-state index is 12.5. The molecule has 0 saturated carbocycles.